The molecule has 2 atom stereocenters. The summed E-state index contributed by atoms with van der Waals surface area (Å²) in [5.74, 6) is 0.633. The van der Waals surface area contributed by atoms with Gasteiger partial charge in [-0.3, -0.25) is 4.90 Å². The summed E-state index contributed by atoms with van der Waals surface area (Å²) >= 11 is 0. The van der Waals surface area contributed by atoms with Gasteiger partial charge in [-0.2, -0.15) is 8.78 Å². The quantitative estimate of drug-likeness (QED) is 0.841. The van der Waals surface area contributed by atoms with E-state index in [0.717, 1.165) is 11.1 Å². The Kier molecular flexibility index (Phi) is 4.35. The van der Waals surface area contributed by atoms with Crippen LogP contribution in [0.1, 0.15) is 23.1 Å². The highest BCUT2D eigenvalue weighted by atomic mass is 32.2. The molecule has 1 aromatic rings. The molecule has 0 aromatic heterocycles. The third kappa shape index (κ3) is 3.35. The Morgan fingerprint density at radius 3 is 2.61 bits per heavy atom. The molecule has 0 spiro atoms. The molecule has 2 saturated heterocycles. The van der Waals surface area contributed by atoms with E-state index in [1.807, 2.05) is 24.8 Å². The molecule has 0 saturated carbocycles. The summed E-state index contributed by atoms with van der Waals surface area (Å²) in [7, 11) is -2.99. The fraction of sp³-hybridized carbons (Fsp3) is 0.625. The Labute approximate surface area is 135 Å². The van der Waals surface area contributed by atoms with E-state index in [1.165, 1.54) is 0 Å². The van der Waals surface area contributed by atoms with Crippen molar-refractivity contribution in [2.75, 3.05) is 18.8 Å². The van der Waals surface area contributed by atoms with Gasteiger partial charge in [-0.25, -0.2) is 8.42 Å². The fourth-order valence-electron chi connectivity index (χ4n) is 3.63. The van der Waals surface area contributed by atoms with Crippen LogP contribution in [0.25, 0.3) is 0 Å². The van der Waals surface area contributed by atoms with Crippen molar-refractivity contribution in [2.45, 2.75) is 38.7 Å². The number of nitrogens with zero attached hydrogens (tertiary/aromatic N) is 1. The molecule has 3 rings (SSSR count). The van der Waals surface area contributed by atoms with Gasteiger partial charge in [0.2, 0.25) is 0 Å². The first-order valence-electron chi connectivity index (χ1n) is 7.75. The first-order chi connectivity index (χ1) is 10.8. The predicted octanol–water partition coefficient (Wildman–Crippen LogP) is 2.52. The van der Waals surface area contributed by atoms with Gasteiger partial charge < -0.3 is 4.74 Å². The summed E-state index contributed by atoms with van der Waals surface area (Å²) in [5.41, 5.74) is 2.59. The van der Waals surface area contributed by atoms with Crippen LogP contribution in [-0.4, -0.2) is 44.0 Å². The van der Waals surface area contributed by atoms with Crippen LogP contribution in [0.4, 0.5) is 8.78 Å². The van der Waals surface area contributed by atoms with Crippen molar-refractivity contribution < 1.29 is 21.9 Å². The monoisotopic (exact) mass is 345 g/mol. The standard InChI is InChI=1S/C16H21F2NO3S/c1-10-5-13(14(6-11(10)2)22-16(17)18)8-19-7-12-3-4-23(20,21)15(12)9-19/h5-6,12,15-16H,3-4,7-9H2,1-2H3/t12-,15+/m0/s1. The minimum absolute atomic E-state index is 0.172. The number of ether oxygens (including phenoxy) is 1. The lowest BCUT2D eigenvalue weighted by molar-refractivity contribution is -0.0507. The minimum atomic E-state index is -2.99. The maximum atomic E-state index is 12.6. The maximum Gasteiger partial charge on any atom is 0.387 e. The number of aryl methyl sites for hydroxylation is 2. The summed E-state index contributed by atoms with van der Waals surface area (Å²) in [4.78, 5) is 2.04. The molecule has 2 aliphatic heterocycles. The number of likely N-dealkylation sites (tertiary alicyclic amines) is 1. The lowest BCUT2D eigenvalue weighted by Crippen LogP contribution is -2.26. The molecule has 0 aliphatic carbocycles. The number of alkyl halides is 2. The molecule has 2 fully saturated rings. The van der Waals surface area contributed by atoms with Crippen LogP contribution in [0.3, 0.4) is 0 Å². The van der Waals surface area contributed by atoms with Crippen LogP contribution in [0.2, 0.25) is 0 Å². The topological polar surface area (TPSA) is 46.6 Å². The molecule has 0 unspecified atom stereocenters. The Hall–Kier alpha value is -1.21. The molecule has 0 bridgehead atoms. The molecule has 1 aromatic carbocycles. The van der Waals surface area contributed by atoms with Crippen molar-refractivity contribution >= 4 is 9.84 Å². The van der Waals surface area contributed by atoms with Crippen LogP contribution in [-0.2, 0) is 16.4 Å². The Morgan fingerprint density at radius 1 is 1.26 bits per heavy atom. The predicted molar refractivity (Wildman–Crippen MR) is 83.5 cm³/mol. The summed E-state index contributed by atoms with van der Waals surface area (Å²) in [6.07, 6.45) is 0.705. The smallest absolute Gasteiger partial charge is 0.387 e. The van der Waals surface area contributed by atoms with Gasteiger partial charge >= 0.3 is 6.61 Å². The maximum absolute atomic E-state index is 12.6. The van der Waals surface area contributed by atoms with Crippen LogP contribution < -0.4 is 4.74 Å². The number of hydrogen-bond acceptors (Lipinski definition) is 4. The van der Waals surface area contributed by atoms with Gasteiger partial charge in [-0.15, -0.1) is 0 Å². The normalized spacial score (nSPS) is 26.7. The molecule has 0 amide bonds. The summed E-state index contributed by atoms with van der Waals surface area (Å²) in [5, 5.41) is -0.298. The Bertz CT molecular complexity index is 706. The molecule has 2 aliphatic rings. The van der Waals surface area contributed by atoms with Crippen LogP contribution in [0.5, 0.6) is 5.75 Å². The molecule has 0 radical (unpaired) electrons. The van der Waals surface area contributed by atoms with Gasteiger partial charge in [-0.05, 0) is 43.4 Å². The molecule has 128 valence electrons. The number of fused-ring (bicyclic) bond motifs is 1. The minimum Gasteiger partial charge on any atom is -0.434 e. The second-order valence-corrected chi connectivity index (χ2v) is 8.91. The third-order valence-electron chi connectivity index (χ3n) is 4.98. The number of benzene rings is 1. The zero-order valence-electron chi connectivity index (χ0n) is 13.3. The zero-order valence-corrected chi connectivity index (χ0v) is 14.1. The molecule has 2 heterocycles. The number of halogens is 2. The van der Waals surface area contributed by atoms with Crippen LogP contribution in [0.15, 0.2) is 12.1 Å². The lowest BCUT2D eigenvalue weighted by Gasteiger charge is -2.20. The molecule has 0 N–H and O–H groups in total. The Morgan fingerprint density at radius 2 is 1.96 bits per heavy atom. The van der Waals surface area contributed by atoms with Gasteiger partial charge in [-0.1, -0.05) is 6.07 Å². The van der Waals surface area contributed by atoms with E-state index < -0.39 is 16.4 Å². The van der Waals surface area contributed by atoms with Gasteiger partial charge in [0.15, 0.2) is 9.84 Å². The molecular formula is C16H21F2NO3S. The highest BCUT2D eigenvalue weighted by molar-refractivity contribution is 7.92. The number of rotatable bonds is 4. The second kappa shape index (κ2) is 6.02. The first kappa shape index (κ1) is 16.6. The SMILES string of the molecule is Cc1cc(CN2C[C@@H]3CCS(=O)(=O)[C@@H]3C2)c(OC(F)F)cc1C. The van der Waals surface area contributed by atoms with Crippen molar-refractivity contribution in [3.05, 3.63) is 28.8 Å². The zero-order chi connectivity index (χ0) is 16.8. The van der Waals surface area contributed by atoms with E-state index in [-0.39, 0.29) is 22.7 Å². The van der Waals surface area contributed by atoms with E-state index in [0.29, 0.717) is 31.6 Å². The molecule has 7 heteroatoms. The van der Waals surface area contributed by atoms with Gasteiger partial charge in [0.25, 0.3) is 0 Å². The lowest BCUT2D eigenvalue weighted by atomic mass is 10.0. The number of sulfone groups is 1. The first-order valence-corrected chi connectivity index (χ1v) is 9.46. The van der Waals surface area contributed by atoms with Crippen molar-refractivity contribution in [3.63, 3.8) is 0 Å². The van der Waals surface area contributed by atoms with Crippen molar-refractivity contribution in [3.8, 4) is 5.75 Å². The Balaban J connectivity index is 1.79. The van der Waals surface area contributed by atoms with Crippen molar-refractivity contribution in [2.24, 2.45) is 5.92 Å². The van der Waals surface area contributed by atoms with E-state index >= 15 is 0 Å². The third-order valence-corrected chi connectivity index (χ3v) is 7.24. The van der Waals surface area contributed by atoms with Crippen LogP contribution >= 0.6 is 0 Å². The van der Waals surface area contributed by atoms with Crippen molar-refractivity contribution in [1.29, 1.82) is 0 Å². The van der Waals surface area contributed by atoms with Gasteiger partial charge in [0.05, 0.1) is 11.0 Å². The van der Waals surface area contributed by atoms with E-state index in [1.54, 1.807) is 6.07 Å². The largest absolute Gasteiger partial charge is 0.434 e. The highest BCUT2D eigenvalue weighted by Gasteiger charge is 2.46. The van der Waals surface area contributed by atoms with E-state index in [9.17, 15) is 17.2 Å². The fourth-order valence-corrected chi connectivity index (χ4v) is 5.81. The molecule has 23 heavy (non-hydrogen) atoms. The molecule has 4 nitrogen and oxygen atoms in total. The number of hydrogen-bond donors (Lipinski definition) is 0. The summed E-state index contributed by atoms with van der Waals surface area (Å²) in [6.45, 7) is 2.53. The average molecular weight is 345 g/mol. The molecular weight excluding hydrogens is 324 g/mol. The second-order valence-electron chi connectivity index (χ2n) is 6.57. The summed E-state index contributed by atoms with van der Waals surface area (Å²) in [6, 6.07) is 3.49. The van der Waals surface area contributed by atoms with Gasteiger partial charge in [0, 0.05) is 25.2 Å². The van der Waals surface area contributed by atoms with Crippen LogP contribution in [0, 0.1) is 19.8 Å². The van der Waals surface area contributed by atoms with E-state index in [2.05, 4.69) is 4.74 Å². The highest BCUT2D eigenvalue weighted by Crippen LogP contribution is 2.35. The summed E-state index contributed by atoms with van der Waals surface area (Å²) < 4.78 is 53.9. The van der Waals surface area contributed by atoms with Gasteiger partial charge in [0.1, 0.15) is 5.75 Å². The van der Waals surface area contributed by atoms with Crippen molar-refractivity contribution in [1.82, 2.24) is 4.90 Å². The average Bonchev–Trinajstić information content (AvgIpc) is 2.96. The van der Waals surface area contributed by atoms with E-state index in [4.69, 9.17) is 0 Å².